The zero-order valence-electron chi connectivity index (χ0n) is 8.05. The van der Waals surface area contributed by atoms with Crippen molar-refractivity contribution in [2.75, 3.05) is 0 Å². The fourth-order valence-corrected chi connectivity index (χ4v) is 2.72. The molecule has 0 amide bonds. The van der Waals surface area contributed by atoms with E-state index in [1.807, 2.05) is 0 Å². The van der Waals surface area contributed by atoms with Crippen LogP contribution in [0.1, 0.15) is 29.1 Å². The third-order valence-electron chi connectivity index (χ3n) is 2.14. The first kappa shape index (κ1) is 12.6. The van der Waals surface area contributed by atoms with Gasteiger partial charge in [-0.25, -0.2) is 13.6 Å². The summed E-state index contributed by atoms with van der Waals surface area (Å²) in [4.78, 5) is 10.8. The van der Waals surface area contributed by atoms with Crippen molar-refractivity contribution in [2.45, 2.75) is 25.7 Å². The van der Waals surface area contributed by atoms with Crippen molar-refractivity contribution in [1.29, 1.82) is 0 Å². The summed E-state index contributed by atoms with van der Waals surface area (Å²) in [5.41, 5.74) is -1.28. The molecule has 84 valence electrons. The van der Waals surface area contributed by atoms with Crippen LogP contribution in [0.15, 0.2) is 9.85 Å². The molecule has 0 fully saturated rings. The summed E-state index contributed by atoms with van der Waals surface area (Å²) < 4.78 is 26.0. The summed E-state index contributed by atoms with van der Waals surface area (Å²) in [6.45, 7) is 2.66. The Morgan fingerprint density at radius 1 is 1.60 bits per heavy atom. The molecular formula is C9H9BrF2O2S. The van der Waals surface area contributed by atoms with Gasteiger partial charge in [0.05, 0.1) is 9.20 Å². The maximum atomic E-state index is 12.7. The Morgan fingerprint density at radius 2 is 2.13 bits per heavy atom. The molecule has 0 aliphatic heterocycles. The van der Waals surface area contributed by atoms with Gasteiger partial charge in [-0.05, 0) is 27.6 Å². The van der Waals surface area contributed by atoms with Crippen LogP contribution in [-0.4, -0.2) is 17.5 Å². The van der Waals surface area contributed by atoms with Gasteiger partial charge >= 0.3 is 5.97 Å². The molecule has 1 rings (SSSR count). The molecule has 0 atom stereocenters. The van der Waals surface area contributed by atoms with Gasteiger partial charge in [-0.2, -0.15) is 0 Å². The predicted molar refractivity (Wildman–Crippen MR) is 58.0 cm³/mol. The normalized spacial score (nSPS) is 12.1. The van der Waals surface area contributed by atoms with Crippen LogP contribution in [0.25, 0.3) is 0 Å². The molecule has 1 aromatic heterocycles. The van der Waals surface area contributed by atoms with Crippen molar-refractivity contribution in [1.82, 2.24) is 0 Å². The Hall–Kier alpha value is -0.490. The van der Waals surface area contributed by atoms with E-state index in [1.165, 1.54) is 19.9 Å². The summed E-state index contributed by atoms with van der Waals surface area (Å²) in [5.74, 6) is -1.17. The highest BCUT2D eigenvalue weighted by molar-refractivity contribution is 9.11. The molecule has 0 unspecified atom stereocenters. The van der Waals surface area contributed by atoms with Crippen molar-refractivity contribution in [3.05, 3.63) is 20.3 Å². The number of aromatic carboxylic acids is 1. The molecule has 0 spiro atoms. The van der Waals surface area contributed by atoms with Crippen LogP contribution in [0.4, 0.5) is 8.78 Å². The predicted octanol–water partition coefficient (Wildman–Crippen LogP) is 3.75. The molecule has 0 aromatic carbocycles. The summed E-state index contributed by atoms with van der Waals surface area (Å²) in [5, 5.41) is 8.87. The van der Waals surface area contributed by atoms with E-state index in [9.17, 15) is 13.6 Å². The lowest BCUT2D eigenvalue weighted by Crippen LogP contribution is -2.28. The summed E-state index contributed by atoms with van der Waals surface area (Å²) in [6, 6.07) is 1.44. The van der Waals surface area contributed by atoms with E-state index >= 15 is 0 Å². The van der Waals surface area contributed by atoms with E-state index in [0.717, 1.165) is 11.3 Å². The van der Waals surface area contributed by atoms with Crippen LogP contribution in [-0.2, 0) is 5.41 Å². The minimum atomic E-state index is -2.60. The SMILES string of the molecule is CC(C)(c1cc(Br)sc1C(=O)O)C(F)F. The average Bonchev–Trinajstić information content (AvgIpc) is 2.47. The van der Waals surface area contributed by atoms with E-state index in [0.29, 0.717) is 3.79 Å². The third-order valence-corrected chi connectivity index (χ3v) is 3.76. The number of carbonyl (C=O) groups is 1. The number of thiophene rings is 1. The number of rotatable bonds is 3. The molecule has 0 radical (unpaired) electrons. The van der Waals surface area contributed by atoms with E-state index in [-0.39, 0.29) is 10.4 Å². The number of hydrogen-bond donors (Lipinski definition) is 1. The third kappa shape index (κ3) is 2.36. The van der Waals surface area contributed by atoms with Gasteiger partial charge in [-0.15, -0.1) is 11.3 Å². The molecule has 0 aliphatic carbocycles. The molecule has 0 saturated heterocycles. The van der Waals surface area contributed by atoms with Gasteiger partial charge in [0.25, 0.3) is 0 Å². The minimum Gasteiger partial charge on any atom is -0.477 e. The minimum absolute atomic E-state index is 0.0350. The number of hydrogen-bond acceptors (Lipinski definition) is 2. The smallest absolute Gasteiger partial charge is 0.346 e. The van der Waals surface area contributed by atoms with Gasteiger partial charge in [0.2, 0.25) is 6.43 Å². The monoisotopic (exact) mass is 298 g/mol. The second-order valence-corrected chi connectivity index (χ2v) is 6.05. The first-order valence-corrected chi connectivity index (χ1v) is 5.69. The largest absolute Gasteiger partial charge is 0.477 e. The van der Waals surface area contributed by atoms with Crippen LogP contribution in [0.5, 0.6) is 0 Å². The standard InChI is InChI=1S/C9H9BrF2O2S/c1-9(2,8(11)12)4-3-5(10)15-6(4)7(13)14/h3,8H,1-2H3,(H,13,14). The van der Waals surface area contributed by atoms with Crippen molar-refractivity contribution in [2.24, 2.45) is 0 Å². The summed E-state index contributed by atoms with van der Waals surface area (Å²) in [7, 11) is 0. The molecule has 0 bridgehead atoms. The van der Waals surface area contributed by atoms with Crippen LogP contribution in [0.2, 0.25) is 0 Å². The maximum Gasteiger partial charge on any atom is 0.346 e. The number of carboxylic acids is 1. The molecule has 2 nitrogen and oxygen atoms in total. The highest BCUT2D eigenvalue weighted by Gasteiger charge is 2.36. The Kier molecular flexibility index (Phi) is 3.50. The van der Waals surface area contributed by atoms with Crippen molar-refractivity contribution in [3.8, 4) is 0 Å². The summed E-state index contributed by atoms with van der Waals surface area (Å²) in [6.07, 6.45) is -2.60. The maximum absolute atomic E-state index is 12.7. The molecule has 1 aromatic rings. The van der Waals surface area contributed by atoms with Gasteiger partial charge in [-0.3, -0.25) is 0 Å². The lowest BCUT2D eigenvalue weighted by atomic mass is 9.85. The van der Waals surface area contributed by atoms with Gasteiger partial charge in [0.1, 0.15) is 4.88 Å². The molecule has 15 heavy (non-hydrogen) atoms. The van der Waals surface area contributed by atoms with Gasteiger partial charge < -0.3 is 5.11 Å². The molecule has 0 aliphatic rings. The molecule has 1 N–H and O–H groups in total. The zero-order chi connectivity index (χ0) is 11.8. The molecule has 6 heteroatoms. The van der Waals surface area contributed by atoms with E-state index in [1.54, 1.807) is 0 Å². The first-order chi connectivity index (χ1) is 6.76. The highest BCUT2D eigenvalue weighted by atomic mass is 79.9. The first-order valence-electron chi connectivity index (χ1n) is 4.08. The van der Waals surface area contributed by atoms with Crippen LogP contribution in [0.3, 0.4) is 0 Å². The van der Waals surface area contributed by atoms with Crippen molar-refractivity contribution < 1.29 is 18.7 Å². The summed E-state index contributed by atoms with van der Waals surface area (Å²) >= 11 is 4.05. The van der Waals surface area contributed by atoms with E-state index < -0.39 is 17.8 Å². The van der Waals surface area contributed by atoms with Crippen molar-refractivity contribution >= 4 is 33.2 Å². The van der Waals surface area contributed by atoms with Gasteiger partial charge in [0, 0.05) is 0 Å². The van der Waals surface area contributed by atoms with Crippen LogP contribution in [0, 0.1) is 0 Å². The van der Waals surface area contributed by atoms with Crippen LogP contribution < -0.4 is 0 Å². The average molecular weight is 299 g/mol. The molecular weight excluding hydrogens is 290 g/mol. The number of halogens is 3. The zero-order valence-corrected chi connectivity index (χ0v) is 10.5. The van der Waals surface area contributed by atoms with Gasteiger partial charge in [0.15, 0.2) is 0 Å². The quantitative estimate of drug-likeness (QED) is 0.923. The van der Waals surface area contributed by atoms with Crippen molar-refractivity contribution in [3.63, 3.8) is 0 Å². The van der Waals surface area contributed by atoms with E-state index in [2.05, 4.69) is 15.9 Å². The topological polar surface area (TPSA) is 37.3 Å². The Bertz CT molecular complexity index is 387. The Balaban J connectivity index is 3.30. The van der Waals surface area contributed by atoms with E-state index in [4.69, 9.17) is 5.11 Å². The lowest BCUT2D eigenvalue weighted by molar-refractivity contribution is 0.0641. The second-order valence-electron chi connectivity index (χ2n) is 3.62. The second kappa shape index (κ2) is 4.17. The lowest BCUT2D eigenvalue weighted by Gasteiger charge is -2.23. The highest BCUT2D eigenvalue weighted by Crippen LogP contribution is 2.38. The van der Waals surface area contributed by atoms with Gasteiger partial charge in [-0.1, -0.05) is 13.8 Å². The Morgan fingerprint density at radius 3 is 2.53 bits per heavy atom. The molecule has 0 saturated carbocycles. The number of carboxylic acid groups (broad SMARTS) is 1. The van der Waals surface area contributed by atoms with Crippen LogP contribution >= 0.6 is 27.3 Å². The Labute approximate surface area is 98.1 Å². The fraction of sp³-hybridized carbons (Fsp3) is 0.444. The molecule has 1 heterocycles. The number of alkyl halides is 2. The fourth-order valence-electron chi connectivity index (χ4n) is 1.12.